The Hall–Kier alpha value is -1.76. The Morgan fingerprint density at radius 3 is 2.53 bits per heavy atom. The normalized spacial score (nSPS) is 13.0. The molecule has 1 atom stereocenters. The van der Waals surface area contributed by atoms with Crippen molar-refractivity contribution in [2.24, 2.45) is 0 Å². The molecule has 0 heterocycles. The number of carbonyl (C=O) groups is 1. The van der Waals surface area contributed by atoms with Gasteiger partial charge in [-0.1, -0.05) is 0 Å². The van der Waals surface area contributed by atoms with Gasteiger partial charge in [0.25, 0.3) is 0 Å². The van der Waals surface area contributed by atoms with E-state index in [0.29, 0.717) is 11.3 Å². The monoisotopic (exact) mass is 286 g/mol. The van der Waals surface area contributed by atoms with Crippen molar-refractivity contribution in [3.05, 3.63) is 23.3 Å². The number of carboxylic acid groups (broad SMARTS) is 1. The maximum atomic E-state index is 11.2. The summed E-state index contributed by atoms with van der Waals surface area (Å²) in [6.07, 6.45) is 1.15. The molecule has 106 valence electrons. The standard InChI is InChI=1S/C12H18N2O4S/c1-7-4-9(5-10(11(7)13)12(15)16)14-8(2)6-19(3,17)18/h4-5,8,14H,6,13H2,1-3H3,(H,15,16). The van der Waals surface area contributed by atoms with Crippen LogP contribution in [0.2, 0.25) is 0 Å². The highest BCUT2D eigenvalue weighted by Gasteiger charge is 2.14. The lowest BCUT2D eigenvalue weighted by atomic mass is 10.1. The van der Waals surface area contributed by atoms with E-state index >= 15 is 0 Å². The fourth-order valence-corrected chi connectivity index (χ4v) is 2.83. The molecule has 0 aliphatic heterocycles. The van der Waals surface area contributed by atoms with Crippen LogP contribution in [0.25, 0.3) is 0 Å². The number of carboxylic acids is 1. The Labute approximate surface area is 112 Å². The van der Waals surface area contributed by atoms with Crippen molar-refractivity contribution in [2.75, 3.05) is 23.1 Å². The maximum Gasteiger partial charge on any atom is 0.337 e. The minimum Gasteiger partial charge on any atom is -0.478 e. The second kappa shape index (κ2) is 5.48. The second-order valence-electron chi connectivity index (χ2n) is 4.70. The van der Waals surface area contributed by atoms with E-state index < -0.39 is 15.8 Å². The van der Waals surface area contributed by atoms with E-state index in [-0.39, 0.29) is 23.0 Å². The van der Waals surface area contributed by atoms with Crippen LogP contribution >= 0.6 is 0 Å². The van der Waals surface area contributed by atoms with Crippen molar-refractivity contribution < 1.29 is 18.3 Å². The van der Waals surface area contributed by atoms with Crippen LogP contribution in [0, 0.1) is 6.92 Å². The SMILES string of the molecule is Cc1cc(NC(C)CS(C)(=O)=O)cc(C(=O)O)c1N. The molecule has 0 aromatic heterocycles. The van der Waals surface area contributed by atoms with Gasteiger partial charge in [-0.2, -0.15) is 0 Å². The zero-order valence-electron chi connectivity index (χ0n) is 11.1. The number of nitrogens with two attached hydrogens (primary N) is 1. The number of benzene rings is 1. The van der Waals surface area contributed by atoms with E-state index in [9.17, 15) is 13.2 Å². The van der Waals surface area contributed by atoms with Gasteiger partial charge in [-0.15, -0.1) is 0 Å². The average molecular weight is 286 g/mol. The van der Waals surface area contributed by atoms with Crippen LogP contribution in [0.5, 0.6) is 0 Å². The molecule has 0 bridgehead atoms. The molecule has 0 aliphatic rings. The fourth-order valence-electron chi connectivity index (χ4n) is 1.84. The molecule has 6 nitrogen and oxygen atoms in total. The minimum absolute atomic E-state index is 0.00838. The van der Waals surface area contributed by atoms with Gasteiger partial charge in [-0.05, 0) is 31.5 Å². The molecule has 1 rings (SSSR count). The summed E-state index contributed by atoms with van der Waals surface area (Å²) in [5.41, 5.74) is 7.08. The van der Waals surface area contributed by atoms with E-state index in [4.69, 9.17) is 10.8 Å². The third-order valence-corrected chi connectivity index (χ3v) is 3.69. The fraction of sp³-hybridized carbons (Fsp3) is 0.417. The maximum absolute atomic E-state index is 11.2. The van der Waals surface area contributed by atoms with Gasteiger partial charge in [-0.3, -0.25) is 0 Å². The molecule has 1 unspecified atom stereocenters. The zero-order valence-corrected chi connectivity index (χ0v) is 11.9. The highest BCUT2D eigenvalue weighted by molar-refractivity contribution is 7.90. The van der Waals surface area contributed by atoms with Gasteiger partial charge >= 0.3 is 5.97 Å². The predicted molar refractivity (Wildman–Crippen MR) is 75.3 cm³/mol. The number of anilines is 2. The number of aromatic carboxylic acids is 1. The number of rotatable bonds is 5. The van der Waals surface area contributed by atoms with E-state index in [0.717, 1.165) is 6.26 Å². The minimum atomic E-state index is -3.09. The Morgan fingerprint density at radius 2 is 2.05 bits per heavy atom. The summed E-state index contributed by atoms with van der Waals surface area (Å²) < 4.78 is 22.3. The highest BCUT2D eigenvalue weighted by atomic mass is 32.2. The Morgan fingerprint density at radius 1 is 1.47 bits per heavy atom. The van der Waals surface area contributed by atoms with Gasteiger partial charge in [0.05, 0.1) is 11.3 Å². The highest BCUT2D eigenvalue weighted by Crippen LogP contribution is 2.23. The number of nitrogens with one attached hydrogen (secondary N) is 1. The predicted octanol–water partition coefficient (Wildman–Crippen LogP) is 1.12. The lowest BCUT2D eigenvalue weighted by Gasteiger charge is -2.16. The van der Waals surface area contributed by atoms with Crippen molar-refractivity contribution in [2.45, 2.75) is 19.9 Å². The van der Waals surface area contributed by atoms with E-state index in [1.165, 1.54) is 6.07 Å². The number of sulfone groups is 1. The Kier molecular flexibility index (Phi) is 4.41. The number of aryl methyl sites for hydroxylation is 1. The van der Waals surface area contributed by atoms with Gasteiger partial charge in [0.2, 0.25) is 0 Å². The number of hydrogen-bond donors (Lipinski definition) is 3. The van der Waals surface area contributed by atoms with Crippen molar-refractivity contribution >= 4 is 27.2 Å². The molecule has 0 amide bonds. The Bertz CT molecular complexity index is 596. The van der Waals surface area contributed by atoms with Crippen molar-refractivity contribution in [3.8, 4) is 0 Å². The van der Waals surface area contributed by atoms with Crippen LogP contribution in [0.1, 0.15) is 22.8 Å². The molecular formula is C12H18N2O4S. The second-order valence-corrected chi connectivity index (χ2v) is 6.88. The molecular weight excluding hydrogens is 268 g/mol. The Balaban J connectivity index is 3.00. The first-order valence-electron chi connectivity index (χ1n) is 5.68. The van der Waals surface area contributed by atoms with Gasteiger partial charge in [0, 0.05) is 23.7 Å². The van der Waals surface area contributed by atoms with Crippen LogP contribution < -0.4 is 11.1 Å². The topological polar surface area (TPSA) is 109 Å². The van der Waals surface area contributed by atoms with Gasteiger partial charge in [0.1, 0.15) is 9.84 Å². The molecule has 0 saturated carbocycles. The lowest BCUT2D eigenvalue weighted by Crippen LogP contribution is -2.25. The first-order chi connectivity index (χ1) is 8.60. The van der Waals surface area contributed by atoms with Crippen LogP contribution in [0.15, 0.2) is 12.1 Å². The summed E-state index contributed by atoms with van der Waals surface area (Å²) in [5.74, 6) is -1.14. The summed E-state index contributed by atoms with van der Waals surface area (Å²) in [5, 5.41) is 12.0. The number of hydrogen-bond acceptors (Lipinski definition) is 5. The molecule has 7 heteroatoms. The van der Waals surface area contributed by atoms with E-state index in [1.54, 1.807) is 19.9 Å². The van der Waals surface area contributed by atoms with Crippen LogP contribution in [-0.4, -0.2) is 37.5 Å². The first-order valence-corrected chi connectivity index (χ1v) is 7.74. The van der Waals surface area contributed by atoms with Crippen LogP contribution in [0.4, 0.5) is 11.4 Å². The van der Waals surface area contributed by atoms with Crippen molar-refractivity contribution in [3.63, 3.8) is 0 Å². The van der Waals surface area contributed by atoms with Gasteiger partial charge in [-0.25, -0.2) is 13.2 Å². The summed E-state index contributed by atoms with van der Waals surface area (Å²) in [4.78, 5) is 11.0. The summed E-state index contributed by atoms with van der Waals surface area (Å²) in [7, 11) is -3.09. The van der Waals surface area contributed by atoms with Gasteiger partial charge < -0.3 is 16.2 Å². The van der Waals surface area contributed by atoms with Crippen molar-refractivity contribution in [1.82, 2.24) is 0 Å². The third-order valence-electron chi connectivity index (χ3n) is 2.58. The molecule has 1 aromatic carbocycles. The lowest BCUT2D eigenvalue weighted by molar-refractivity contribution is 0.0698. The summed E-state index contributed by atoms with van der Waals surface area (Å²) >= 11 is 0. The number of nitrogen functional groups attached to an aromatic ring is 1. The molecule has 0 radical (unpaired) electrons. The van der Waals surface area contributed by atoms with Crippen LogP contribution in [0.3, 0.4) is 0 Å². The molecule has 0 spiro atoms. The van der Waals surface area contributed by atoms with Gasteiger partial charge in [0.15, 0.2) is 0 Å². The molecule has 0 saturated heterocycles. The molecule has 0 fully saturated rings. The van der Waals surface area contributed by atoms with Crippen molar-refractivity contribution in [1.29, 1.82) is 0 Å². The largest absolute Gasteiger partial charge is 0.478 e. The van der Waals surface area contributed by atoms with E-state index in [1.807, 2.05) is 0 Å². The quantitative estimate of drug-likeness (QED) is 0.700. The average Bonchev–Trinajstić information content (AvgIpc) is 2.19. The molecule has 1 aromatic rings. The van der Waals surface area contributed by atoms with E-state index in [2.05, 4.69) is 5.32 Å². The molecule has 0 aliphatic carbocycles. The summed E-state index contributed by atoms with van der Waals surface area (Å²) in [6, 6.07) is 2.78. The molecule has 19 heavy (non-hydrogen) atoms. The smallest absolute Gasteiger partial charge is 0.337 e. The molecule has 4 N–H and O–H groups in total. The first kappa shape index (κ1) is 15.3. The van der Waals surface area contributed by atoms with Crippen LogP contribution in [-0.2, 0) is 9.84 Å². The summed E-state index contributed by atoms with van der Waals surface area (Å²) in [6.45, 7) is 3.42. The zero-order chi connectivity index (χ0) is 14.8. The third kappa shape index (κ3) is 4.44.